The number of nitrogens with one attached hydrogen (secondary N) is 3. The molecule has 45 heavy (non-hydrogen) atoms. The molecule has 0 amide bonds. The monoisotopic (exact) mass is 658 g/mol. The summed E-state index contributed by atoms with van der Waals surface area (Å²) in [7, 11) is -4.02. The van der Waals surface area contributed by atoms with Crippen LogP contribution in [0.15, 0.2) is 82.6 Å². The van der Waals surface area contributed by atoms with Crippen molar-refractivity contribution < 1.29 is 31.4 Å². The minimum atomic E-state index is -3.66. The molecule has 2 aliphatic heterocycles. The molecule has 0 aromatic heterocycles. The highest BCUT2D eigenvalue weighted by atomic mass is 32.2. The van der Waals surface area contributed by atoms with Crippen molar-refractivity contribution in [3.63, 3.8) is 0 Å². The van der Waals surface area contributed by atoms with E-state index in [9.17, 15) is 21.9 Å². The molecular formula is C32H42N4O7S2. The van der Waals surface area contributed by atoms with Gasteiger partial charge in [0.15, 0.2) is 0 Å². The smallest absolute Gasteiger partial charge is 0.243 e. The van der Waals surface area contributed by atoms with Crippen LogP contribution in [0.3, 0.4) is 0 Å². The number of benzene rings is 3. The average molecular weight is 659 g/mol. The molecule has 1 spiro atoms. The topological polar surface area (TPSA) is 146 Å². The SMILES string of the molecule is CNCc1ccc(-c2cccc(S(=O)(=O)N3CCC4(CC3)CC(NC[C@H](O)COc3cccc(S(=O)(=O)NC)c3)CO4)c2)cc1. The van der Waals surface area contributed by atoms with Crippen molar-refractivity contribution in [1.29, 1.82) is 0 Å². The number of sulfonamides is 2. The number of nitrogens with zero attached hydrogens (tertiary/aromatic N) is 1. The molecule has 2 saturated heterocycles. The second-order valence-corrected chi connectivity index (χ2v) is 15.4. The van der Waals surface area contributed by atoms with E-state index in [2.05, 4.69) is 15.4 Å². The Morgan fingerprint density at radius 3 is 2.38 bits per heavy atom. The molecule has 11 nitrogen and oxygen atoms in total. The van der Waals surface area contributed by atoms with E-state index < -0.39 is 31.8 Å². The second-order valence-electron chi connectivity index (χ2n) is 11.6. The molecule has 2 fully saturated rings. The maximum atomic E-state index is 13.6. The Bertz CT molecular complexity index is 1660. The van der Waals surface area contributed by atoms with Crippen molar-refractivity contribution in [3.8, 4) is 16.9 Å². The summed E-state index contributed by atoms with van der Waals surface area (Å²) in [5.74, 6) is 0.348. The third kappa shape index (κ3) is 8.10. The van der Waals surface area contributed by atoms with Gasteiger partial charge in [-0.3, -0.25) is 0 Å². The average Bonchev–Trinajstić information content (AvgIpc) is 3.45. The fraction of sp³-hybridized carbons (Fsp3) is 0.438. The fourth-order valence-corrected chi connectivity index (χ4v) is 8.12. The van der Waals surface area contributed by atoms with E-state index in [-0.39, 0.29) is 29.0 Å². The predicted molar refractivity (Wildman–Crippen MR) is 172 cm³/mol. The van der Waals surface area contributed by atoms with E-state index in [0.717, 1.165) is 29.7 Å². The van der Waals surface area contributed by atoms with Crippen LogP contribution in [0.1, 0.15) is 24.8 Å². The summed E-state index contributed by atoms with van der Waals surface area (Å²) in [4.78, 5) is 0.371. The first kappa shape index (κ1) is 33.5. The van der Waals surface area contributed by atoms with Crippen molar-refractivity contribution in [2.24, 2.45) is 0 Å². The molecule has 0 saturated carbocycles. The molecule has 4 N–H and O–H groups in total. The van der Waals surface area contributed by atoms with E-state index in [1.165, 1.54) is 19.2 Å². The largest absolute Gasteiger partial charge is 0.491 e. The molecule has 13 heteroatoms. The lowest BCUT2D eigenvalue weighted by atomic mass is 9.88. The Labute approximate surface area is 266 Å². The lowest BCUT2D eigenvalue weighted by molar-refractivity contribution is -0.0312. The van der Waals surface area contributed by atoms with Crippen LogP contribution in [-0.4, -0.2) is 90.9 Å². The molecule has 2 heterocycles. The molecule has 0 bridgehead atoms. The first-order valence-corrected chi connectivity index (χ1v) is 18.0. The molecule has 3 aromatic carbocycles. The summed E-state index contributed by atoms with van der Waals surface area (Å²) >= 11 is 0. The summed E-state index contributed by atoms with van der Waals surface area (Å²) < 4.78 is 66.9. The Hall–Kier alpha value is -2.88. The van der Waals surface area contributed by atoms with Crippen molar-refractivity contribution in [1.82, 2.24) is 19.7 Å². The van der Waals surface area contributed by atoms with Crippen LogP contribution in [0.25, 0.3) is 11.1 Å². The van der Waals surface area contributed by atoms with E-state index in [4.69, 9.17) is 9.47 Å². The minimum Gasteiger partial charge on any atom is -0.491 e. The molecule has 244 valence electrons. The zero-order valence-electron chi connectivity index (χ0n) is 25.6. The molecule has 1 unspecified atom stereocenters. The van der Waals surface area contributed by atoms with Crippen molar-refractivity contribution >= 4 is 20.0 Å². The third-order valence-electron chi connectivity index (χ3n) is 8.45. The quantitative estimate of drug-likeness (QED) is 0.217. The maximum Gasteiger partial charge on any atom is 0.243 e. The number of rotatable bonds is 13. The summed E-state index contributed by atoms with van der Waals surface area (Å²) in [6, 6.07) is 21.3. The van der Waals surface area contributed by atoms with Gasteiger partial charge in [-0.1, -0.05) is 42.5 Å². The number of ether oxygens (including phenoxy) is 2. The van der Waals surface area contributed by atoms with Gasteiger partial charge in [0.25, 0.3) is 0 Å². The van der Waals surface area contributed by atoms with Crippen molar-refractivity contribution in [2.75, 3.05) is 46.9 Å². The molecular weight excluding hydrogens is 617 g/mol. The van der Waals surface area contributed by atoms with E-state index >= 15 is 0 Å². The summed E-state index contributed by atoms with van der Waals surface area (Å²) in [5.41, 5.74) is 2.58. The van der Waals surface area contributed by atoms with Gasteiger partial charge < -0.3 is 25.2 Å². The van der Waals surface area contributed by atoms with Gasteiger partial charge in [0.2, 0.25) is 20.0 Å². The second kappa shape index (κ2) is 14.3. The molecule has 2 atom stereocenters. The molecule has 3 aromatic rings. The molecule has 2 aliphatic rings. The zero-order valence-corrected chi connectivity index (χ0v) is 27.2. The molecule has 5 rings (SSSR count). The Morgan fingerprint density at radius 1 is 0.956 bits per heavy atom. The van der Waals surface area contributed by atoms with Crippen LogP contribution in [0.2, 0.25) is 0 Å². The Kier molecular flexibility index (Phi) is 10.6. The van der Waals surface area contributed by atoms with Crippen molar-refractivity contribution in [3.05, 3.63) is 78.4 Å². The van der Waals surface area contributed by atoms with Gasteiger partial charge in [0, 0.05) is 38.3 Å². The predicted octanol–water partition coefficient (Wildman–Crippen LogP) is 2.32. The van der Waals surface area contributed by atoms with Gasteiger partial charge in [-0.05, 0) is 74.3 Å². The van der Waals surface area contributed by atoms with Crippen LogP contribution in [0, 0.1) is 0 Å². The van der Waals surface area contributed by atoms with E-state index in [1.54, 1.807) is 34.6 Å². The fourth-order valence-electron chi connectivity index (χ4n) is 5.87. The molecule has 0 aliphatic carbocycles. The highest BCUT2D eigenvalue weighted by Gasteiger charge is 2.44. The number of hydrogen-bond acceptors (Lipinski definition) is 9. The van der Waals surface area contributed by atoms with E-state index in [1.807, 2.05) is 37.4 Å². The van der Waals surface area contributed by atoms with Gasteiger partial charge in [-0.15, -0.1) is 0 Å². The van der Waals surface area contributed by atoms with Crippen LogP contribution in [0.4, 0.5) is 0 Å². The van der Waals surface area contributed by atoms with Crippen LogP contribution in [-0.2, 0) is 31.3 Å². The lowest BCUT2D eigenvalue weighted by Crippen LogP contribution is -2.47. The number of hydrogen-bond donors (Lipinski definition) is 4. The third-order valence-corrected chi connectivity index (χ3v) is 11.8. The van der Waals surface area contributed by atoms with Crippen LogP contribution in [0.5, 0.6) is 5.75 Å². The minimum absolute atomic E-state index is 0.00948. The zero-order chi connectivity index (χ0) is 32.1. The van der Waals surface area contributed by atoms with E-state index in [0.29, 0.717) is 38.3 Å². The standard InChI is InChI=1S/C32H42N4O7S2/c1-33-20-24-9-11-25(12-10-24)26-5-3-8-31(17-26)45(40,41)36-15-13-32(14-16-36)19-27(22-43-32)35-21-28(37)23-42-29-6-4-7-30(18-29)44(38,39)34-2/h3-12,17-18,27-28,33-35,37H,13-16,19-23H2,1-2H3/t27?,28-/m0/s1. The van der Waals surface area contributed by atoms with Crippen LogP contribution < -0.4 is 20.1 Å². The summed E-state index contributed by atoms with van der Waals surface area (Å²) in [5, 5.41) is 16.9. The van der Waals surface area contributed by atoms with Crippen molar-refractivity contribution in [2.45, 2.75) is 53.3 Å². The summed E-state index contributed by atoms with van der Waals surface area (Å²) in [6.07, 6.45) is 1.08. The van der Waals surface area contributed by atoms with Gasteiger partial charge in [-0.2, -0.15) is 4.31 Å². The lowest BCUT2D eigenvalue weighted by Gasteiger charge is -2.38. The first-order valence-electron chi connectivity index (χ1n) is 15.1. The van der Waals surface area contributed by atoms with Crippen LogP contribution >= 0.6 is 0 Å². The highest BCUT2D eigenvalue weighted by molar-refractivity contribution is 7.89. The van der Waals surface area contributed by atoms with Gasteiger partial charge in [-0.25, -0.2) is 21.6 Å². The van der Waals surface area contributed by atoms with Gasteiger partial charge >= 0.3 is 0 Å². The number of aliphatic hydroxyl groups excluding tert-OH is 1. The maximum absolute atomic E-state index is 13.6. The number of piperidine rings is 1. The Balaban J connectivity index is 1.10. The Morgan fingerprint density at radius 2 is 1.67 bits per heavy atom. The normalized spacial score (nSPS) is 19.5. The van der Waals surface area contributed by atoms with Gasteiger partial charge in [0.05, 0.1) is 22.0 Å². The summed E-state index contributed by atoms with van der Waals surface area (Å²) in [6.45, 7) is 2.25. The first-order chi connectivity index (χ1) is 21.5. The molecule has 0 radical (unpaired) electrons. The number of aliphatic hydroxyl groups is 1. The van der Waals surface area contributed by atoms with Gasteiger partial charge in [0.1, 0.15) is 18.5 Å². The highest BCUT2D eigenvalue weighted by Crippen LogP contribution is 2.37.